The van der Waals surface area contributed by atoms with Crippen molar-refractivity contribution in [2.45, 2.75) is 44.4 Å². The van der Waals surface area contributed by atoms with Crippen LogP contribution in [0.4, 0.5) is 4.39 Å². The van der Waals surface area contributed by atoms with Crippen LogP contribution in [0.5, 0.6) is 0 Å². The number of nitrogens with one attached hydrogen (secondary N) is 1. The van der Waals surface area contributed by atoms with E-state index >= 15 is 0 Å². The van der Waals surface area contributed by atoms with Crippen molar-refractivity contribution in [3.8, 4) is 0 Å². The molecule has 178 valence electrons. The molecule has 7 heteroatoms. The number of H-pyrrole nitrogens is 1. The highest BCUT2D eigenvalue weighted by molar-refractivity contribution is 5.89. The van der Waals surface area contributed by atoms with Gasteiger partial charge in [-0.2, -0.15) is 0 Å². The van der Waals surface area contributed by atoms with Gasteiger partial charge in [0.15, 0.2) is 0 Å². The van der Waals surface area contributed by atoms with Gasteiger partial charge in [-0.05, 0) is 60.6 Å². The fraction of sp³-hybridized carbons (Fsp3) is 0.444. The maximum absolute atomic E-state index is 14.1. The molecule has 2 fully saturated rings. The molecule has 6 nitrogen and oxygen atoms in total. The van der Waals surface area contributed by atoms with Gasteiger partial charge in [0.25, 0.3) is 0 Å². The van der Waals surface area contributed by atoms with E-state index in [9.17, 15) is 14.0 Å². The monoisotopic (exact) mass is 462 g/mol. The van der Waals surface area contributed by atoms with Crippen LogP contribution in [0.25, 0.3) is 11.0 Å². The second kappa shape index (κ2) is 9.20. The smallest absolute Gasteiger partial charge is 0.233 e. The van der Waals surface area contributed by atoms with Crippen LogP contribution in [0.3, 0.4) is 0 Å². The Morgan fingerprint density at radius 3 is 2.65 bits per heavy atom. The topological polar surface area (TPSA) is 69.3 Å². The van der Waals surface area contributed by atoms with Crippen molar-refractivity contribution in [3.63, 3.8) is 0 Å². The van der Waals surface area contributed by atoms with Gasteiger partial charge in [-0.25, -0.2) is 9.37 Å². The number of halogens is 1. The maximum Gasteiger partial charge on any atom is 0.233 e. The third kappa shape index (κ3) is 4.31. The average molecular weight is 463 g/mol. The predicted octanol–water partition coefficient (Wildman–Crippen LogP) is 4.06. The molecule has 5 rings (SSSR count). The quantitative estimate of drug-likeness (QED) is 0.636. The van der Waals surface area contributed by atoms with Gasteiger partial charge in [-0.15, -0.1) is 0 Å². The molecule has 2 amide bonds. The summed E-state index contributed by atoms with van der Waals surface area (Å²) in [5, 5.41) is 1.05. The summed E-state index contributed by atoms with van der Waals surface area (Å²) in [6.45, 7) is 3.79. The zero-order valence-corrected chi connectivity index (χ0v) is 19.6. The average Bonchev–Trinajstić information content (AvgIpc) is 3.45. The van der Waals surface area contributed by atoms with E-state index in [0.29, 0.717) is 26.2 Å². The van der Waals surface area contributed by atoms with Crippen LogP contribution >= 0.6 is 0 Å². The Morgan fingerprint density at radius 1 is 1.12 bits per heavy atom. The molecule has 3 heterocycles. The number of carbonyl (C=O) groups excluding carboxylic acids is 2. The third-order valence-corrected chi connectivity index (χ3v) is 7.55. The van der Waals surface area contributed by atoms with Crippen LogP contribution in [0.15, 0.2) is 48.8 Å². The lowest BCUT2D eigenvalue weighted by molar-refractivity contribution is -0.138. The van der Waals surface area contributed by atoms with Gasteiger partial charge < -0.3 is 14.8 Å². The molecule has 1 N–H and O–H groups in total. The number of aromatic nitrogens is 2. The van der Waals surface area contributed by atoms with Gasteiger partial charge in [0, 0.05) is 50.9 Å². The van der Waals surface area contributed by atoms with E-state index in [1.54, 1.807) is 13.0 Å². The molecule has 34 heavy (non-hydrogen) atoms. The maximum atomic E-state index is 14.1. The number of pyridine rings is 1. The summed E-state index contributed by atoms with van der Waals surface area (Å²) >= 11 is 0. The van der Waals surface area contributed by atoms with Crippen molar-refractivity contribution < 1.29 is 14.0 Å². The van der Waals surface area contributed by atoms with E-state index in [1.165, 1.54) is 12.1 Å². The van der Waals surface area contributed by atoms with Crippen molar-refractivity contribution in [2.75, 3.05) is 26.2 Å². The molecule has 0 unspecified atom stereocenters. The first-order valence-electron chi connectivity index (χ1n) is 12.2. The molecule has 0 bridgehead atoms. The van der Waals surface area contributed by atoms with Crippen LogP contribution in [0.2, 0.25) is 0 Å². The minimum Gasteiger partial charge on any atom is -0.346 e. The molecule has 0 spiro atoms. The van der Waals surface area contributed by atoms with E-state index in [4.69, 9.17) is 0 Å². The highest BCUT2D eigenvalue weighted by Gasteiger charge is 2.46. The Kier molecular flexibility index (Phi) is 6.11. The molecule has 2 aliphatic rings. The number of benzene rings is 1. The Morgan fingerprint density at radius 2 is 1.88 bits per heavy atom. The Bertz CT molecular complexity index is 1200. The molecule has 0 radical (unpaired) electrons. The second-order valence-corrected chi connectivity index (χ2v) is 9.84. The first-order valence-corrected chi connectivity index (χ1v) is 12.2. The highest BCUT2D eigenvalue weighted by Crippen LogP contribution is 2.43. The number of rotatable bonds is 4. The highest BCUT2D eigenvalue weighted by atomic mass is 19.1. The van der Waals surface area contributed by atoms with E-state index < -0.39 is 5.41 Å². The van der Waals surface area contributed by atoms with Gasteiger partial charge in [-0.1, -0.05) is 25.0 Å². The Hall–Kier alpha value is -3.22. The van der Waals surface area contributed by atoms with E-state index in [1.807, 2.05) is 34.3 Å². The van der Waals surface area contributed by atoms with Gasteiger partial charge in [-0.3, -0.25) is 9.59 Å². The van der Waals surface area contributed by atoms with E-state index in [-0.39, 0.29) is 23.5 Å². The summed E-state index contributed by atoms with van der Waals surface area (Å²) in [5.74, 6) is -0.107. The molecular weight excluding hydrogens is 431 g/mol. The van der Waals surface area contributed by atoms with Crippen LogP contribution in [-0.4, -0.2) is 57.8 Å². The number of aromatic amines is 1. The lowest BCUT2D eigenvalue weighted by Crippen LogP contribution is -2.48. The standard InChI is InChI=1S/C27H31FN4O2/c1-19(33)31-11-12-32(18-21(17-31)13-20-14-22-7-10-29-25(22)30-16-20)26(34)27(8-2-3-9-27)23-5-4-6-24(28)15-23/h4-7,10,14-16,21H,2-3,8-9,11-13,17-18H2,1H3,(H,29,30)/t21-/m0/s1. The summed E-state index contributed by atoms with van der Waals surface area (Å²) in [6, 6.07) is 10.7. The third-order valence-electron chi connectivity index (χ3n) is 7.55. The normalized spacial score (nSPS) is 20.5. The summed E-state index contributed by atoms with van der Waals surface area (Å²) in [4.78, 5) is 37.8. The summed E-state index contributed by atoms with van der Waals surface area (Å²) in [7, 11) is 0. The second-order valence-electron chi connectivity index (χ2n) is 9.84. The van der Waals surface area contributed by atoms with E-state index in [0.717, 1.165) is 54.3 Å². The molecule has 1 aromatic carbocycles. The van der Waals surface area contributed by atoms with Crippen LogP contribution in [-0.2, 0) is 21.4 Å². The lowest BCUT2D eigenvalue weighted by atomic mass is 9.77. The lowest BCUT2D eigenvalue weighted by Gasteiger charge is -2.35. The summed E-state index contributed by atoms with van der Waals surface area (Å²) < 4.78 is 14.1. The summed E-state index contributed by atoms with van der Waals surface area (Å²) in [5.41, 5.74) is 2.05. The number of hydrogen-bond donors (Lipinski definition) is 1. The van der Waals surface area contributed by atoms with Gasteiger partial charge in [0.2, 0.25) is 11.8 Å². The largest absolute Gasteiger partial charge is 0.346 e. The van der Waals surface area contributed by atoms with Crippen molar-refractivity contribution >= 4 is 22.8 Å². The molecule has 2 aromatic heterocycles. The number of carbonyl (C=O) groups is 2. The summed E-state index contributed by atoms with van der Waals surface area (Å²) in [6.07, 6.45) is 7.87. The number of amides is 2. The van der Waals surface area contributed by atoms with Crippen LogP contribution < -0.4 is 0 Å². The first kappa shape index (κ1) is 22.6. The van der Waals surface area contributed by atoms with Gasteiger partial charge in [0.05, 0.1) is 5.41 Å². The zero-order valence-electron chi connectivity index (χ0n) is 19.6. The van der Waals surface area contributed by atoms with Gasteiger partial charge >= 0.3 is 0 Å². The molecule has 1 saturated carbocycles. The molecule has 1 saturated heterocycles. The molecule has 3 aromatic rings. The van der Waals surface area contributed by atoms with Crippen LogP contribution in [0, 0.1) is 11.7 Å². The van der Waals surface area contributed by atoms with E-state index in [2.05, 4.69) is 16.0 Å². The molecule has 1 atom stereocenters. The fourth-order valence-electron chi connectivity index (χ4n) is 5.83. The van der Waals surface area contributed by atoms with Crippen molar-refractivity contribution in [2.24, 2.45) is 5.92 Å². The van der Waals surface area contributed by atoms with Gasteiger partial charge in [0.1, 0.15) is 11.5 Å². The molecular formula is C27H31FN4O2. The minimum atomic E-state index is -0.677. The SMILES string of the molecule is CC(=O)N1CCN(C(=O)C2(c3cccc(F)c3)CCCC2)C[C@@H](Cc2cnc3[nH]ccc3c2)C1. The molecule has 1 aliphatic carbocycles. The number of fused-ring (bicyclic) bond motifs is 1. The van der Waals surface area contributed by atoms with Crippen molar-refractivity contribution in [1.82, 2.24) is 19.8 Å². The van der Waals surface area contributed by atoms with Crippen LogP contribution in [0.1, 0.15) is 43.7 Å². The minimum absolute atomic E-state index is 0.0271. The Balaban J connectivity index is 1.42. The van der Waals surface area contributed by atoms with Crippen molar-refractivity contribution in [1.29, 1.82) is 0 Å². The fourth-order valence-corrected chi connectivity index (χ4v) is 5.83. The zero-order chi connectivity index (χ0) is 23.7. The Labute approximate surface area is 199 Å². The number of hydrogen-bond acceptors (Lipinski definition) is 3. The predicted molar refractivity (Wildman–Crippen MR) is 129 cm³/mol. The van der Waals surface area contributed by atoms with Crippen molar-refractivity contribution in [3.05, 3.63) is 65.7 Å². The number of nitrogens with zero attached hydrogens (tertiary/aromatic N) is 3. The first-order chi connectivity index (χ1) is 16.4. The molecule has 1 aliphatic heterocycles.